The molecule has 0 aromatic carbocycles. The van der Waals surface area contributed by atoms with Crippen molar-refractivity contribution in [3.63, 3.8) is 0 Å². The van der Waals surface area contributed by atoms with Crippen LogP contribution >= 0.6 is 0 Å². The van der Waals surface area contributed by atoms with E-state index in [4.69, 9.17) is 5.11 Å². The molecule has 0 spiro atoms. The van der Waals surface area contributed by atoms with Crippen molar-refractivity contribution < 1.29 is 9.90 Å². The van der Waals surface area contributed by atoms with Crippen LogP contribution < -0.4 is 5.32 Å². The second kappa shape index (κ2) is 7.66. The SMILES string of the molecule is CC[C@@H](CO)NC(=O)CC1CCCCCC1. The van der Waals surface area contributed by atoms with Crippen molar-refractivity contribution in [3.8, 4) is 0 Å². The summed E-state index contributed by atoms with van der Waals surface area (Å²) in [4.78, 5) is 11.7. The minimum Gasteiger partial charge on any atom is -0.394 e. The molecule has 0 saturated heterocycles. The number of aliphatic hydroxyl groups excluding tert-OH is 1. The van der Waals surface area contributed by atoms with Crippen molar-refractivity contribution in [2.24, 2.45) is 5.92 Å². The Morgan fingerprint density at radius 1 is 1.31 bits per heavy atom. The third-order valence-electron chi connectivity index (χ3n) is 3.53. The van der Waals surface area contributed by atoms with E-state index in [9.17, 15) is 4.79 Å². The van der Waals surface area contributed by atoms with Gasteiger partial charge in [-0.1, -0.05) is 32.6 Å². The van der Waals surface area contributed by atoms with Gasteiger partial charge in [0.15, 0.2) is 0 Å². The number of rotatable bonds is 5. The number of carbonyl (C=O) groups excluding carboxylic acids is 1. The monoisotopic (exact) mass is 227 g/mol. The number of hydrogen-bond donors (Lipinski definition) is 2. The highest BCUT2D eigenvalue weighted by Gasteiger charge is 2.17. The Morgan fingerprint density at radius 3 is 2.44 bits per heavy atom. The molecule has 16 heavy (non-hydrogen) atoms. The van der Waals surface area contributed by atoms with Gasteiger partial charge in [-0.3, -0.25) is 4.79 Å². The molecule has 0 bridgehead atoms. The third kappa shape index (κ3) is 4.97. The van der Waals surface area contributed by atoms with Crippen molar-refractivity contribution >= 4 is 5.91 Å². The fraction of sp³-hybridized carbons (Fsp3) is 0.923. The topological polar surface area (TPSA) is 49.3 Å². The van der Waals surface area contributed by atoms with E-state index in [0.717, 1.165) is 6.42 Å². The van der Waals surface area contributed by atoms with E-state index in [1.807, 2.05) is 6.92 Å². The van der Waals surface area contributed by atoms with E-state index < -0.39 is 0 Å². The molecule has 1 aliphatic rings. The van der Waals surface area contributed by atoms with Crippen molar-refractivity contribution in [3.05, 3.63) is 0 Å². The fourth-order valence-electron chi connectivity index (χ4n) is 2.39. The lowest BCUT2D eigenvalue weighted by molar-refractivity contribution is -0.123. The molecule has 94 valence electrons. The first-order chi connectivity index (χ1) is 7.76. The Bertz CT molecular complexity index is 194. The molecular formula is C13H25NO2. The lowest BCUT2D eigenvalue weighted by atomic mass is 9.96. The fourth-order valence-corrected chi connectivity index (χ4v) is 2.39. The highest BCUT2D eigenvalue weighted by atomic mass is 16.3. The van der Waals surface area contributed by atoms with Gasteiger partial charge in [-0.25, -0.2) is 0 Å². The largest absolute Gasteiger partial charge is 0.394 e. The Hall–Kier alpha value is -0.570. The quantitative estimate of drug-likeness (QED) is 0.708. The maximum Gasteiger partial charge on any atom is 0.220 e. The van der Waals surface area contributed by atoms with Gasteiger partial charge in [0.25, 0.3) is 0 Å². The molecule has 0 aromatic rings. The molecule has 1 aliphatic carbocycles. The van der Waals surface area contributed by atoms with Crippen molar-refractivity contribution in [2.45, 2.75) is 64.3 Å². The molecule has 3 heteroatoms. The summed E-state index contributed by atoms with van der Waals surface area (Å²) in [7, 11) is 0. The van der Waals surface area contributed by atoms with E-state index in [-0.39, 0.29) is 18.6 Å². The Balaban J connectivity index is 2.26. The van der Waals surface area contributed by atoms with E-state index in [1.165, 1.54) is 38.5 Å². The Morgan fingerprint density at radius 2 is 1.94 bits per heavy atom. The minimum absolute atomic E-state index is 0.0485. The summed E-state index contributed by atoms with van der Waals surface area (Å²) in [6, 6.07) is -0.0571. The number of carbonyl (C=O) groups is 1. The number of nitrogens with one attached hydrogen (secondary N) is 1. The van der Waals surface area contributed by atoms with Crippen LogP contribution in [0.2, 0.25) is 0 Å². The second-order valence-corrected chi connectivity index (χ2v) is 4.92. The molecule has 1 amide bonds. The first kappa shape index (κ1) is 13.5. The van der Waals surface area contributed by atoms with Crippen molar-refractivity contribution in [1.29, 1.82) is 0 Å². The molecule has 0 unspecified atom stereocenters. The van der Waals surface area contributed by atoms with Crippen molar-refractivity contribution in [2.75, 3.05) is 6.61 Å². The molecule has 1 fully saturated rings. The van der Waals surface area contributed by atoms with E-state index in [1.54, 1.807) is 0 Å². The molecule has 0 aromatic heterocycles. The molecule has 2 N–H and O–H groups in total. The second-order valence-electron chi connectivity index (χ2n) is 4.92. The van der Waals surface area contributed by atoms with Crippen molar-refractivity contribution in [1.82, 2.24) is 5.32 Å². The average molecular weight is 227 g/mol. The molecule has 0 radical (unpaired) electrons. The highest BCUT2D eigenvalue weighted by molar-refractivity contribution is 5.76. The summed E-state index contributed by atoms with van der Waals surface area (Å²) in [5.74, 6) is 0.687. The number of aliphatic hydroxyl groups is 1. The predicted octanol–water partition coefficient (Wildman–Crippen LogP) is 2.23. The number of amides is 1. The summed E-state index contributed by atoms with van der Waals surface area (Å²) in [6.45, 7) is 2.03. The van der Waals surface area contributed by atoms with Gasteiger partial charge < -0.3 is 10.4 Å². The Kier molecular flexibility index (Phi) is 6.46. The summed E-state index contributed by atoms with van der Waals surface area (Å²) < 4.78 is 0. The molecule has 1 saturated carbocycles. The maximum atomic E-state index is 11.7. The van der Waals surface area contributed by atoms with E-state index in [2.05, 4.69) is 5.32 Å². The van der Waals surface area contributed by atoms with E-state index >= 15 is 0 Å². The standard InChI is InChI=1S/C13H25NO2/c1-2-12(10-15)14-13(16)9-11-7-5-3-4-6-8-11/h11-12,15H,2-10H2,1H3,(H,14,16)/t12-/m0/s1. The van der Waals surface area contributed by atoms with Crippen LogP contribution in [0, 0.1) is 5.92 Å². The zero-order valence-electron chi connectivity index (χ0n) is 10.4. The van der Waals surface area contributed by atoms with Crippen LogP contribution in [0.15, 0.2) is 0 Å². The average Bonchev–Trinajstić information content (AvgIpc) is 2.54. The van der Waals surface area contributed by atoms with Gasteiger partial charge in [-0.2, -0.15) is 0 Å². The van der Waals surface area contributed by atoms with Gasteiger partial charge in [0.1, 0.15) is 0 Å². The van der Waals surface area contributed by atoms with Crippen LogP contribution in [0.25, 0.3) is 0 Å². The summed E-state index contributed by atoms with van der Waals surface area (Å²) in [5, 5.41) is 11.9. The maximum absolute atomic E-state index is 11.7. The van der Waals surface area contributed by atoms with Gasteiger partial charge in [-0.15, -0.1) is 0 Å². The zero-order valence-corrected chi connectivity index (χ0v) is 10.4. The van der Waals surface area contributed by atoms with Gasteiger partial charge in [0.05, 0.1) is 12.6 Å². The third-order valence-corrected chi connectivity index (χ3v) is 3.53. The van der Waals surface area contributed by atoms with E-state index in [0.29, 0.717) is 12.3 Å². The number of hydrogen-bond acceptors (Lipinski definition) is 2. The van der Waals surface area contributed by atoms with Crippen LogP contribution in [0.3, 0.4) is 0 Å². The molecule has 1 atom stereocenters. The first-order valence-corrected chi connectivity index (χ1v) is 6.66. The van der Waals surface area contributed by atoms with Gasteiger partial charge >= 0.3 is 0 Å². The lowest BCUT2D eigenvalue weighted by Crippen LogP contribution is -2.37. The predicted molar refractivity (Wildman–Crippen MR) is 65.1 cm³/mol. The summed E-state index contributed by atoms with van der Waals surface area (Å²) >= 11 is 0. The highest BCUT2D eigenvalue weighted by Crippen LogP contribution is 2.25. The normalized spacial score (nSPS) is 20.1. The molecule has 0 heterocycles. The van der Waals surface area contributed by atoms with Crippen LogP contribution in [-0.2, 0) is 4.79 Å². The molecular weight excluding hydrogens is 202 g/mol. The summed E-state index contributed by atoms with van der Waals surface area (Å²) in [6.07, 6.45) is 9.04. The zero-order chi connectivity index (χ0) is 11.8. The summed E-state index contributed by atoms with van der Waals surface area (Å²) in [5.41, 5.74) is 0. The van der Waals surface area contributed by atoms with Crippen LogP contribution in [-0.4, -0.2) is 23.7 Å². The van der Waals surface area contributed by atoms with Crippen LogP contribution in [0.5, 0.6) is 0 Å². The van der Waals surface area contributed by atoms with Crippen LogP contribution in [0.4, 0.5) is 0 Å². The van der Waals surface area contributed by atoms with Gasteiger partial charge in [-0.05, 0) is 25.2 Å². The molecule has 3 nitrogen and oxygen atoms in total. The lowest BCUT2D eigenvalue weighted by Gasteiger charge is -2.17. The molecule has 1 rings (SSSR count). The van der Waals surface area contributed by atoms with Gasteiger partial charge in [0.2, 0.25) is 5.91 Å². The smallest absolute Gasteiger partial charge is 0.220 e. The first-order valence-electron chi connectivity index (χ1n) is 6.66. The molecule has 0 aliphatic heterocycles. The van der Waals surface area contributed by atoms with Crippen LogP contribution in [0.1, 0.15) is 58.3 Å². The Labute approximate surface area is 98.6 Å². The minimum atomic E-state index is -0.0571. The van der Waals surface area contributed by atoms with Gasteiger partial charge in [0, 0.05) is 6.42 Å².